The van der Waals surface area contributed by atoms with Gasteiger partial charge >= 0.3 is 10.4 Å². The van der Waals surface area contributed by atoms with Crippen LogP contribution in [0.5, 0.6) is 0 Å². The second-order valence-corrected chi connectivity index (χ2v) is 16.8. The molecule has 1 aliphatic rings. The quantitative estimate of drug-likeness (QED) is 0.0192. The molecule has 1 heterocycles. The van der Waals surface area contributed by atoms with Crippen LogP contribution in [0.15, 0.2) is 12.2 Å². The lowest BCUT2D eigenvalue weighted by atomic mass is 9.99. The maximum absolute atomic E-state index is 13.0. The maximum atomic E-state index is 13.0. The minimum Gasteiger partial charge on any atom is -0.394 e. The van der Waals surface area contributed by atoms with Crippen LogP contribution < -0.4 is 5.32 Å². The van der Waals surface area contributed by atoms with Crippen molar-refractivity contribution in [3.63, 3.8) is 0 Å². The standard InChI is InChI=1S/C42H81NO12S/c1-3-5-7-9-11-13-15-16-17-18-19-21-22-24-26-28-30-35(45)34(33-53-42-39(48)40(55-56(50,51)52)38(47)37(32-44)54-42)43-41(49)36(46)31-29-27-25-23-20-14-12-10-8-6-4-2/h28,30,34-40,42,44-48H,3-27,29,31-33H2,1-2H3,(H,43,49)(H,50,51,52)/b30-28+. The van der Waals surface area contributed by atoms with Gasteiger partial charge in [0.1, 0.15) is 30.5 Å². The Morgan fingerprint density at radius 3 is 1.61 bits per heavy atom. The van der Waals surface area contributed by atoms with E-state index in [4.69, 9.17) is 14.0 Å². The van der Waals surface area contributed by atoms with E-state index in [1.54, 1.807) is 0 Å². The number of hydrogen-bond acceptors (Lipinski definition) is 11. The number of ether oxygens (including phenoxy) is 2. The third-order valence-electron chi connectivity index (χ3n) is 10.7. The third kappa shape index (κ3) is 26.0. The van der Waals surface area contributed by atoms with E-state index >= 15 is 0 Å². The molecule has 0 bridgehead atoms. The number of amides is 1. The molecule has 1 saturated heterocycles. The van der Waals surface area contributed by atoms with Crippen molar-refractivity contribution in [3.8, 4) is 0 Å². The van der Waals surface area contributed by atoms with Gasteiger partial charge in [-0.3, -0.25) is 9.35 Å². The van der Waals surface area contributed by atoms with Gasteiger partial charge in [0.2, 0.25) is 5.91 Å². The lowest BCUT2D eigenvalue weighted by Crippen LogP contribution is -2.61. The van der Waals surface area contributed by atoms with E-state index < -0.39 is 78.5 Å². The van der Waals surface area contributed by atoms with Gasteiger partial charge in [-0.2, -0.15) is 8.42 Å². The van der Waals surface area contributed by atoms with Crippen molar-refractivity contribution in [3.05, 3.63) is 12.2 Å². The number of nitrogens with one attached hydrogen (secondary N) is 1. The Labute approximate surface area is 339 Å². The van der Waals surface area contributed by atoms with Crippen LogP contribution in [0.1, 0.15) is 187 Å². The van der Waals surface area contributed by atoms with Crippen molar-refractivity contribution in [2.75, 3.05) is 13.2 Å². The lowest BCUT2D eigenvalue weighted by molar-refractivity contribution is -0.298. The number of aliphatic hydroxyl groups is 5. The summed E-state index contributed by atoms with van der Waals surface area (Å²) in [5.41, 5.74) is 0. The summed E-state index contributed by atoms with van der Waals surface area (Å²) >= 11 is 0. The van der Waals surface area contributed by atoms with Crippen LogP contribution >= 0.6 is 0 Å². The number of unbranched alkanes of at least 4 members (excludes halogenated alkanes) is 24. The number of carbonyl (C=O) groups excluding carboxylic acids is 1. The topological polar surface area (TPSA) is 212 Å². The fraction of sp³-hybridized carbons (Fsp3) is 0.929. The Morgan fingerprint density at radius 1 is 0.714 bits per heavy atom. The average Bonchev–Trinajstić information content (AvgIpc) is 3.16. The molecule has 8 atom stereocenters. The molecule has 0 aliphatic carbocycles. The van der Waals surface area contributed by atoms with Crippen molar-refractivity contribution < 1.29 is 57.0 Å². The summed E-state index contributed by atoms with van der Waals surface area (Å²) in [6, 6.07) is -1.11. The van der Waals surface area contributed by atoms with Gasteiger partial charge < -0.3 is 40.3 Å². The van der Waals surface area contributed by atoms with Crippen molar-refractivity contribution in [2.45, 2.75) is 236 Å². The van der Waals surface area contributed by atoms with Crippen LogP contribution in [-0.2, 0) is 28.9 Å². The first-order chi connectivity index (χ1) is 26.9. The molecule has 7 N–H and O–H groups in total. The zero-order valence-electron chi connectivity index (χ0n) is 34.8. The van der Waals surface area contributed by atoms with E-state index in [-0.39, 0.29) is 6.42 Å². The highest BCUT2D eigenvalue weighted by atomic mass is 32.3. The van der Waals surface area contributed by atoms with Crippen molar-refractivity contribution in [2.24, 2.45) is 0 Å². The summed E-state index contributed by atoms with van der Waals surface area (Å²) < 4.78 is 47.4. The predicted octanol–water partition coefficient (Wildman–Crippen LogP) is 6.97. The SMILES string of the molecule is CCCCCCCCCCCCCCCC/C=C/C(O)C(COC1OC(CO)C(O)C(OS(=O)(=O)O)C1O)NC(=O)C(O)CCCCCCCCCCCCC. The molecule has 8 unspecified atom stereocenters. The molecule has 0 spiro atoms. The van der Waals surface area contributed by atoms with Gasteiger partial charge in [0.05, 0.1) is 25.4 Å². The summed E-state index contributed by atoms with van der Waals surface area (Å²) in [5.74, 6) is -0.702. The molecule has 332 valence electrons. The van der Waals surface area contributed by atoms with Crippen LogP contribution in [0.2, 0.25) is 0 Å². The van der Waals surface area contributed by atoms with E-state index in [0.29, 0.717) is 12.8 Å². The molecule has 0 radical (unpaired) electrons. The monoisotopic (exact) mass is 824 g/mol. The zero-order chi connectivity index (χ0) is 41.4. The molecule has 0 aromatic heterocycles. The fourth-order valence-electron chi connectivity index (χ4n) is 7.11. The molecule has 1 rings (SSSR count). The van der Waals surface area contributed by atoms with Gasteiger partial charge in [0, 0.05) is 0 Å². The Bertz CT molecular complexity index is 1080. The van der Waals surface area contributed by atoms with Crippen LogP contribution in [0.25, 0.3) is 0 Å². The third-order valence-corrected chi connectivity index (χ3v) is 11.1. The summed E-state index contributed by atoms with van der Waals surface area (Å²) in [7, 11) is -5.11. The smallest absolute Gasteiger partial charge is 0.394 e. The van der Waals surface area contributed by atoms with Crippen LogP contribution in [0.3, 0.4) is 0 Å². The Balaban J connectivity index is 2.62. The fourth-order valence-corrected chi connectivity index (χ4v) is 7.62. The van der Waals surface area contributed by atoms with Gasteiger partial charge in [-0.15, -0.1) is 0 Å². The highest BCUT2D eigenvalue weighted by Gasteiger charge is 2.48. The molecule has 0 saturated carbocycles. The van der Waals surface area contributed by atoms with E-state index in [2.05, 4.69) is 23.3 Å². The van der Waals surface area contributed by atoms with Crippen LogP contribution in [0, 0.1) is 0 Å². The molecule has 13 nitrogen and oxygen atoms in total. The molecular formula is C42H81NO12S. The van der Waals surface area contributed by atoms with E-state index in [9.17, 15) is 38.7 Å². The Hall–Kier alpha value is -1.20. The van der Waals surface area contributed by atoms with Gasteiger partial charge in [0.15, 0.2) is 6.29 Å². The molecule has 1 amide bonds. The molecule has 56 heavy (non-hydrogen) atoms. The van der Waals surface area contributed by atoms with E-state index in [1.807, 2.05) is 6.08 Å². The second kappa shape index (κ2) is 33.6. The van der Waals surface area contributed by atoms with Gasteiger partial charge in [-0.25, -0.2) is 4.18 Å². The first kappa shape index (κ1) is 52.8. The minimum absolute atomic E-state index is 0.247. The number of aliphatic hydroxyl groups excluding tert-OH is 5. The highest BCUT2D eigenvalue weighted by Crippen LogP contribution is 2.26. The summed E-state index contributed by atoms with van der Waals surface area (Å²) in [4.78, 5) is 13.0. The summed E-state index contributed by atoms with van der Waals surface area (Å²) in [5, 5.41) is 55.0. The van der Waals surface area contributed by atoms with Crippen LogP contribution in [-0.4, -0.2) is 107 Å². The molecule has 1 fully saturated rings. The van der Waals surface area contributed by atoms with Gasteiger partial charge in [0.25, 0.3) is 0 Å². The zero-order valence-corrected chi connectivity index (χ0v) is 35.6. The normalized spacial score (nSPS) is 22.0. The van der Waals surface area contributed by atoms with Crippen molar-refractivity contribution in [1.29, 1.82) is 0 Å². The molecule has 0 aromatic carbocycles. The molecule has 14 heteroatoms. The number of carbonyl (C=O) groups is 1. The molecular weight excluding hydrogens is 743 g/mol. The summed E-state index contributed by atoms with van der Waals surface area (Å²) in [6.45, 7) is 3.20. The average molecular weight is 824 g/mol. The first-order valence-electron chi connectivity index (χ1n) is 22.2. The van der Waals surface area contributed by atoms with E-state index in [0.717, 1.165) is 38.5 Å². The number of allylic oxidation sites excluding steroid dienone is 1. The second-order valence-electron chi connectivity index (χ2n) is 15.8. The predicted molar refractivity (Wildman–Crippen MR) is 219 cm³/mol. The van der Waals surface area contributed by atoms with Crippen molar-refractivity contribution >= 4 is 16.3 Å². The maximum Gasteiger partial charge on any atom is 0.397 e. The van der Waals surface area contributed by atoms with E-state index in [1.165, 1.54) is 122 Å². The highest BCUT2D eigenvalue weighted by molar-refractivity contribution is 7.80. The van der Waals surface area contributed by atoms with Crippen LogP contribution in [0.4, 0.5) is 0 Å². The Morgan fingerprint density at radius 2 is 1.16 bits per heavy atom. The lowest BCUT2D eigenvalue weighted by Gasteiger charge is -2.41. The first-order valence-corrected chi connectivity index (χ1v) is 23.5. The van der Waals surface area contributed by atoms with Crippen molar-refractivity contribution in [1.82, 2.24) is 5.32 Å². The molecule has 1 aliphatic heterocycles. The number of hydrogen-bond donors (Lipinski definition) is 7. The largest absolute Gasteiger partial charge is 0.397 e. The minimum atomic E-state index is -5.11. The van der Waals surface area contributed by atoms with Gasteiger partial charge in [-0.05, 0) is 19.3 Å². The summed E-state index contributed by atoms with van der Waals surface area (Å²) in [6.07, 6.45) is 23.0. The Kier molecular flexibility index (Phi) is 31.7. The van der Waals surface area contributed by atoms with Gasteiger partial charge in [-0.1, -0.05) is 180 Å². The number of rotatable bonds is 37. The molecule has 0 aromatic rings.